The molecule has 0 saturated heterocycles. The molecule has 8 heteroatoms. The molecule has 1 N–H and O–H groups in total. The van der Waals surface area contributed by atoms with E-state index in [1.54, 1.807) is 24.3 Å². The van der Waals surface area contributed by atoms with E-state index >= 15 is 0 Å². The quantitative estimate of drug-likeness (QED) is 0.606. The molecule has 0 aliphatic carbocycles. The number of hydrogen-bond acceptors (Lipinski definition) is 4. The molecular formula is C19H20F3NO3S. The third-order valence-electron chi connectivity index (χ3n) is 3.59. The van der Waals surface area contributed by atoms with Crippen LogP contribution in [0, 0.1) is 5.82 Å². The number of hydrogen-bond donors (Lipinski definition) is 1. The van der Waals surface area contributed by atoms with Gasteiger partial charge in [0.1, 0.15) is 5.82 Å². The number of carbonyl (C=O) groups is 1. The van der Waals surface area contributed by atoms with Crippen molar-refractivity contribution in [2.75, 3.05) is 19.4 Å². The molecule has 146 valence electrons. The topological polar surface area (TPSA) is 47.6 Å². The van der Waals surface area contributed by atoms with Gasteiger partial charge in [-0.05, 0) is 48.4 Å². The van der Waals surface area contributed by atoms with E-state index in [2.05, 4.69) is 10.1 Å². The van der Waals surface area contributed by atoms with Crippen LogP contribution in [-0.2, 0) is 11.2 Å². The van der Waals surface area contributed by atoms with Crippen molar-refractivity contribution in [2.45, 2.75) is 24.3 Å². The molecule has 0 aromatic heterocycles. The predicted molar refractivity (Wildman–Crippen MR) is 98.1 cm³/mol. The third kappa shape index (κ3) is 7.42. The van der Waals surface area contributed by atoms with Gasteiger partial charge in [-0.2, -0.15) is 8.78 Å². The Morgan fingerprint density at radius 3 is 2.56 bits per heavy atom. The number of alkyl halides is 2. The molecule has 0 aliphatic rings. The summed E-state index contributed by atoms with van der Waals surface area (Å²) >= 11 is 1.48. The van der Waals surface area contributed by atoms with Gasteiger partial charge in [-0.3, -0.25) is 4.79 Å². The molecule has 0 unspecified atom stereocenters. The Hall–Kier alpha value is -2.35. The van der Waals surface area contributed by atoms with E-state index in [9.17, 15) is 18.0 Å². The fraction of sp³-hybridized carbons (Fsp3) is 0.316. The van der Waals surface area contributed by atoms with Crippen molar-refractivity contribution < 1.29 is 27.4 Å². The van der Waals surface area contributed by atoms with E-state index in [1.165, 1.54) is 37.1 Å². The molecule has 0 spiro atoms. The summed E-state index contributed by atoms with van der Waals surface area (Å²) in [6.07, 6.45) is 0.870. The molecule has 0 aliphatic heterocycles. The van der Waals surface area contributed by atoms with Crippen LogP contribution >= 0.6 is 11.8 Å². The highest BCUT2D eigenvalue weighted by Crippen LogP contribution is 2.29. The zero-order chi connectivity index (χ0) is 19.6. The summed E-state index contributed by atoms with van der Waals surface area (Å²) in [4.78, 5) is 12.8. The molecule has 0 fully saturated rings. The number of thioether (sulfide) groups is 1. The molecule has 27 heavy (non-hydrogen) atoms. The molecule has 0 bridgehead atoms. The minimum atomic E-state index is -2.92. The summed E-state index contributed by atoms with van der Waals surface area (Å²) in [7, 11) is 1.37. The Morgan fingerprint density at radius 1 is 1.15 bits per heavy atom. The molecule has 2 aromatic carbocycles. The van der Waals surface area contributed by atoms with Crippen LogP contribution in [0.5, 0.6) is 11.5 Å². The lowest BCUT2D eigenvalue weighted by molar-refractivity contribution is -0.120. The number of methoxy groups -OCH3 is 1. The van der Waals surface area contributed by atoms with Gasteiger partial charge in [-0.15, -0.1) is 11.8 Å². The molecule has 0 radical (unpaired) electrons. The summed E-state index contributed by atoms with van der Waals surface area (Å²) in [5.74, 6) is 0.398. The van der Waals surface area contributed by atoms with E-state index in [0.717, 1.165) is 10.5 Å². The summed E-state index contributed by atoms with van der Waals surface area (Å²) in [6.45, 7) is -2.50. The van der Waals surface area contributed by atoms with Crippen LogP contribution in [0.25, 0.3) is 0 Å². The highest BCUT2D eigenvalue weighted by atomic mass is 32.2. The van der Waals surface area contributed by atoms with Crippen LogP contribution < -0.4 is 14.8 Å². The number of carbonyl (C=O) groups excluding carboxylic acids is 1. The Kier molecular flexibility index (Phi) is 8.32. The van der Waals surface area contributed by atoms with Crippen molar-refractivity contribution >= 4 is 17.7 Å². The average molecular weight is 399 g/mol. The number of benzene rings is 2. The smallest absolute Gasteiger partial charge is 0.387 e. The van der Waals surface area contributed by atoms with Gasteiger partial charge in [0, 0.05) is 23.6 Å². The Bertz CT molecular complexity index is 741. The fourth-order valence-corrected chi connectivity index (χ4v) is 3.14. The van der Waals surface area contributed by atoms with Gasteiger partial charge in [-0.25, -0.2) is 4.39 Å². The van der Waals surface area contributed by atoms with Gasteiger partial charge in [0.25, 0.3) is 0 Å². The number of rotatable bonds is 10. The Morgan fingerprint density at radius 2 is 1.89 bits per heavy atom. The van der Waals surface area contributed by atoms with Crippen LogP contribution in [0.15, 0.2) is 47.4 Å². The molecule has 2 rings (SSSR count). The first-order valence-electron chi connectivity index (χ1n) is 8.24. The predicted octanol–water partition coefficient (Wildman–Crippen LogP) is 4.28. The number of ether oxygens (including phenoxy) is 2. The number of nitrogens with one attached hydrogen (secondary N) is 1. The second kappa shape index (κ2) is 10.7. The number of halogens is 3. The first-order valence-corrected chi connectivity index (χ1v) is 9.23. The van der Waals surface area contributed by atoms with Crippen molar-refractivity contribution in [3.63, 3.8) is 0 Å². The molecule has 0 atom stereocenters. The van der Waals surface area contributed by atoms with Crippen LogP contribution in [-0.4, -0.2) is 31.9 Å². The molecule has 2 aromatic rings. The van der Waals surface area contributed by atoms with Gasteiger partial charge in [0.2, 0.25) is 5.91 Å². The van der Waals surface area contributed by atoms with Gasteiger partial charge < -0.3 is 14.8 Å². The highest BCUT2D eigenvalue weighted by Gasteiger charge is 2.11. The highest BCUT2D eigenvalue weighted by molar-refractivity contribution is 7.99. The van der Waals surface area contributed by atoms with Crippen molar-refractivity contribution in [2.24, 2.45) is 0 Å². The second-order valence-electron chi connectivity index (χ2n) is 5.52. The summed E-state index contributed by atoms with van der Waals surface area (Å²) in [5.41, 5.74) is 0.828. The maximum absolute atomic E-state index is 12.8. The van der Waals surface area contributed by atoms with Crippen LogP contribution in [0.2, 0.25) is 0 Å². The normalized spacial score (nSPS) is 10.7. The second-order valence-corrected chi connectivity index (χ2v) is 6.68. The number of amides is 1. The van der Waals surface area contributed by atoms with Crippen molar-refractivity contribution in [1.82, 2.24) is 5.32 Å². The zero-order valence-electron chi connectivity index (χ0n) is 14.7. The SMILES string of the molecule is COc1cc(CCNC(=O)CCSc2ccc(F)cc2)ccc1OC(F)F. The van der Waals surface area contributed by atoms with Crippen LogP contribution in [0.3, 0.4) is 0 Å². The summed E-state index contributed by atoms with van der Waals surface area (Å²) in [5, 5.41) is 2.81. The average Bonchev–Trinajstić information content (AvgIpc) is 2.64. The molecule has 1 amide bonds. The molecule has 0 saturated carbocycles. The fourth-order valence-electron chi connectivity index (χ4n) is 2.29. The molecule has 4 nitrogen and oxygen atoms in total. The lowest BCUT2D eigenvalue weighted by Gasteiger charge is -2.11. The Labute approximate surface area is 160 Å². The lowest BCUT2D eigenvalue weighted by Crippen LogP contribution is -2.25. The van der Waals surface area contributed by atoms with Gasteiger partial charge in [0.05, 0.1) is 7.11 Å². The van der Waals surface area contributed by atoms with E-state index in [0.29, 0.717) is 25.1 Å². The first-order chi connectivity index (χ1) is 13.0. The first kappa shape index (κ1) is 21.0. The molecule has 0 heterocycles. The third-order valence-corrected chi connectivity index (χ3v) is 4.61. The maximum atomic E-state index is 12.8. The molecular weight excluding hydrogens is 379 g/mol. The van der Waals surface area contributed by atoms with Crippen molar-refractivity contribution in [3.05, 3.63) is 53.8 Å². The Balaban J connectivity index is 1.71. The van der Waals surface area contributed by atoms with E-state index in [1.807, 2.05) is 0 Å². The van der Waals surface area contributed by atoms with Crippen LogP contribution in [0.1, 0.15) is 12.0 Å². The van der Waals surface area contributed by atoms with Gasteiger partial charge in [-0.1, -0.05) is 6.07 Å². The van der Waals surface area contributed by atoms with E-state index < -0.39 is 6.61 Å². The summed E-state index contributed by atoms with van der Waals surface area (Å²) in [6, 6.07) is 10.8. The van der Waals surface area contributed by atoms with E-state index in [4.69, 9.17) is 4.74 Å². The largest absolute Gasteiger partial charge is 0.493 e. The maximum Gasteiger partial charge on any atom is 0.387 e. The monoisotopic (exact) mass is 399 g/mol. The van der Waals surface area contributed by atoms with Gasteiger partial charge >= 0.3 is 6.61 Å². The minimum absolute atomic E-state index is 0.0295. The lowest BCUT2D eigenvalue weighted by atomic mass is 10.1. The van der Waals surface area contributed by atoms with Crippen LogP contribution in [0.4, 0.5) is 13.2 Å². The van der Waals surface area contributed by atoms with Crippen molar-refractivity contribution in [3.8, 4) is 11.5 Å². The van der Waals surface area contributed by atoms with E-state index in [-0.39, 0.29) is 23.2 Å². The minimum Gasteiger partial charge on any atom is -0.493 e. The standard InChI is InChI=1S/C19H20F3NO3S/c1-25-17-12-13(2-7-16(17)26-19(21)22)8-10-23-18(24)9-11-27-15-5-3-14(20)4-6-15/h2-7,12,19H,8-11H2,1H3,(H,23,24). The van der Waals surface area contributed by atoms with Crippen molar-refractivity contribution in [1.29, 1.82) is 0 Å². The van der Waals surface area contributed by atoms with Gasteiger partial charge in [0.15, 0.2) is 11.5 Å². The summed E-state index contributed by atoms with van der Waals surface area (Å²) < 4.78 is 46.9. The zero-order valence-corrected chi connectivity index (χ0v) is 15.5.